The first-order valence-corrected chi connectivity index (χ1v) is 2.71. The molecule has 0 aromatic carbocycles. The van der Waals surface area contributed by atoms with E-state index in [2.05, 4.69) is 0 Å². The van der Waals surface area contributed by atoms with Crippen LogP contribution in [0.5, 0.6) is 0 Å². The molecule has 0 unspecified atom stereocenters. The Hall–Kier alpha value is -1.12. The van der Waals surface area contributed by atoms with Gasteiger partial charge in [-0.1, -0.05) is 0 Å². The monoisotopic (exact) mass is 125 g/mol. The van der Waals surface area contributed by atoms with Crippen molar-refractivity contribution in [2.75, 3.05) is 0 Å². The number of aromatic nitrogens is 2. The lowest BCUT2D eigenvalue weighted by Gasteiger charge is -1.77. The van der Waals surface area contributed by atoms with Gasteiger partial charge in [-0.2, -0.15) is 0 Å². The minimum Gasteiger partial charge on any atom is -0.294 e. The maximum absolute atomic E-state index is 10.2. The SMILES string of the molecule is Cn1c[n+](C)cc1C=O. The fourth-order valence-corrected chi connectivity index (χ4v) is 0.786. The molecule has 48 valence electrons. The second kappa shape index (κ2) is 2.01. The Bertz CT molecular complexity index is 227. The zero-order valence-electron chi connectivity index (χ0n) is 5.53. The zero-order valence-corrected chi connectivity index (χ0v) is 5.53. The lowest BCUT2D eigenvalue weighted by atomic mass is 10.5. The molecule has 3 heteroatoms. The van der Waals surface area contributed by atoms with Gasteiger partial charge in [-0.15, -0.1) is 0 Å². The van der Waals surface area contributed by atoms with E-state index in [9.17, 15) is 4.79 Å². The molecule has 0 bridgehead atoms. The van der Waals surface area contributed by atoms with Crippen LogP contribution in [0.15, 0.2) is 12.5 Å². The quantitative estimate of drug-likeness (QED) is 0.372. The molecule has 0 N–H and O–H groups in total. The molecule has 0 aliphatic heterocycles. The van der Waals surface area contributed by atoms with Gasteiger partial charge in [0.25, 0.3) is 0 Å². The summed E-state index contributed by atoms with van der Waals surface area (Å²) in [4.78, 5) is 10.2. The van der Waals surface area contributed by atoms with Crippen LogP contribution in [-0.4, -0.2) is 10.9 Å². The number of aldehydes is 1. The molecular formula is C6H9N2O+. The lowest BCUT2D eigenvalue weighted by molar-refractivity contribution is -0.671. The lowest BCUT2D eigenvalue weighted by Crippen LogP contribution is -2.23. The Kier molecular flexibility index (Phi) is 1.34. The zero-order chi connectivity index (χ0) is 6.85. The van der Waals surface area contributed by atoms with Gasteiger partial charge in [-0.3, -0.25) is 4.79 Å². The van der Waals surface area contributed by atoms with Crippen LogP contribution in [0, 0.1) is 0 Å². The number of nitrogens with zero attached hydrogens (tertiary/aromatic N) is 2. The molecular weight excluding hydrogens is 116 g/mol. The maximum atomic E-state index is 10.2. The molecule has 0 fully saturated rings. The van der Waals surface area contributed by atoms with Gasteiger partial charge in [0, 0.05) is 0 Å². The van der Waals surface area contributed by atoms with E-state index >= 15 is 0 Å². The highest BCUT2D eigenvalue weighted by molar-refractivity contribution is 5.70. The molecule has 0 saturated heterocycles. The highest BCUT2D eigenvalue weighted by atomic mass is 16.1. The molecule has 0 radical (unpaired) electrons. The predicted octanol–water partition coefficient (Wildman–Crippen LogP) is -0.338. The Labute approximate surface area is 53.5 Å². The topological polar surface area (TPSA) is 25.9 Å². The molecule has 3 nitrogen and oxygen atoms in total. The van der Waals surface area contributed by atoms with E-state index in [1.54, 1.807) is 10.8 Å². The first kappa shape index (κ1) is 6.01. The summed E-state index contributed by atoms with van der Waals surface area (Å²) in [5.74, 6) is 0. The molecule has 0 saturated carbocycles. The number of aryl methyl sites for hydroxylation is 2. The second-order valence-electron chi connectivity index (χ2n) is 2.06. The molecule has 0 spiro atoms. The fraction of sp³-hybridized carbons (Fsp3) is 0.333. The number of rotatable bonds is 1. The van der Waals surface area contributed by atoms with Gasteiger partial charge in [-0.05, 0) is 0 Å². The largest absolute Gasteiger partial charge is 0.294 e. The van der Waals surface area contributed by atoms with Crippen LogP contribution in [0.4, 0.5) is 0 Å². The molecule has 0 aliphatic carbocycles. The molecule has 1 aromatic heterocycles. The summed E-state index contributed by atoms with van der Waals surface area (Å²) >= 11 is 0. The Morgan fingerprint density at radius 3 is 2.67 bits per heavy atom. The highest BCUT2D eigenvalue weighted by Crippen LogP contribution is 1.86. The van der Waals surface area contributed by atoms with Crippen LogP contribution < -0.4 is 4.57 Å². The van der Waals surface area contributed by atoms with Crippen molar-refractivity contribution < 1.29 is 9.36 Å². The van der Waals surface area contributed by atoms with E-state index < -0.39 is 0 Å². The Morgan fingerprint density at radius 1 is 1.78 bits per heavy atom. The molecule has 0 aliphatic rings. The smallest absolute Gasteiger partial charge is 0.243 e. The summed E-state index contributed by atoms with van der Waals surface area (Å²) in [6.45, 7) is 0. The first-order chi connectivity index (χ1) is 4.24. The third-order valence-electron chi connectivity index (χ3n) is 1.22. The average Bonchev–Trinajstić information content (AvgIpc) is 2.10. The minimum absolute atomic E-state index is 0.692. The van der Waals surface area contributed by atoms with Crippen LogP contribution in [0.25, 0.3) is 0 Å². The number of imidazole rings is 1. The number of carbonyl (C=O) groups is 1. The summed E-state index contributed by atoms with van der Waals surface area (Å²) in [6.07, 6.45) is 4.44. The van der Waals surface area contributed by atoms with E-state index in [1.807, 2.05) is 25.0 Å². The van der Waals surface area contributed by atoms with Gasteiger partial charge in [0.2, 0.25) is 12.0 Å². The van der Waals surface area contributed by atoms with Gasteiger partial charge in [-0.25, -0.2) is 9.13 Å². The third-order valence-corrected chi connectivity index (χ3v) is 1.22. The van der Waals surface area contributed by atoms with Gasteiger partial charge in [0.1, 0.15) is 6.20 Å². The molecule has 0 amide bonds. The number of hydrogen-bond donors (Lipinski definition) is 0. The molecule has 0 atom stereocenters. The van der Waals surface area contributed by atoms with Crippen LogP contribution >= 0.6 is 0 Å². The fourth-order valence-electron chi connectivity index (χ4n) is 0.786. The molecule has 1 aromatic rings. The number of carbonyl (C=O) groups excluding carboxylic acids is 1. The van der Waals surface area contributed by atoms with E-state index in [-0.39, 0.29) is 0 Å². The van der Waals surface area contributed by atoms with Crippen molar-refractivity contribution in [1.29, 1.82) is 0 Å². The normalized spacial score (nSPS) is 9.56. The van der Waals surface area contributed by atoms with E-state index in [4.69, 9.17) is 0 Å². The van der Waals surface area contributed by atoms with Crippen molar-refractivity contribution in [3.8, 4) is 0 Å². The predicted molar refractivity (Wildman–Crippen MR) is 32.0 cm³/mol. The van der Waals surface area contributed by atoms with Crippen molar-refractivity contribution in [1.82, 2.24) is 4.57 Å². The average molecular weight is 125 g/mol. The van der Waals surface area contributed by atoms with E-state index in [0.717, 1.165) is 6.29 Å². The van der Waals surface area contributed by atoms with Crippen LogP contribution in [-0.2, 0) is 14.1 Å². The van der Waals surface area contributed by atoms with Gasteiger partial charge >= 0.3 is 0 Å². The minimum atomic E-state index is 0.692. The summed E-state index contributed by atoms with van der Waals surface area (Å²) in [5.41, 5.74) is 0.692. The van der Waals surface area contributed by atoms with Crippen molar-refractivity contribution >= 4 is 6.29 Å². The van der Waals surface area contributed by atoms with Crippen molar-refractivity contribution in [2.45, 2.75) is 0 Å². The van der Waals surface area contributed by atoms with Crippen molar-refractivity contribution in [3.63, 3.8) is 0 Å². The number of hydrogen-bond acceptors (Lipinski definition) is 1. The molecule has 1 rings (SSSR count). The Balaban J connectivity index is 3.15. The first-order valence-electron chi connectivity index (χ1n) is 2.71. The van der Waals surface area contributed by atoms with Gasteiger partial charge < -0.3 is 0 Å². The van der Waals surface area contributed by atoms with Crippen molar-refractivity contribution in [2.24, 2.45) is 14.1 Å². The third kappa shape index (κ3) is 0.988. The standard InChI is InChI=1S/C6H9N2O/c1-7-3-6(4-9)8(2)5-7/h3-5H,1-2H3/q+1. The van der Waals surface area contributed by atoms with Crippen LogP contribution in [0.3, 0.4) is 0 Å². The molecule has 9 heavy (non-hydrogen) atoms. The van der Waals surface area contributed by atoms with E-state index in [1.165, 1.54) is 0 Å². The van der Waals surface area contributed by atoms with Crippen LogP contribution in [0.1, 0.15) is 10.5 Å². The summed E-state index contributed by atoms with van der Waals surface area (Å²) in [7, 11) is 3.72. The van der Waals surface area contributed by atoms with Crippen molar-refractivity contribution in [3.05, 3.63) is 18.2 Å². The second-order valence-corrected chi connectivity index (χ2v) is 2.06. The maximum Gasteiger partial charge on any atom is 0.243 e. The summed E-state index contributed by atoms with van der Waals surface area (Å²) in [6, 6.07) is 0. The van der Waals surface area contributed by atoms with Gasteiger partial charge in [0.15, 0.2) is 6.29 Å². The highest BCUT2D eigenvalue weighted by Gasteiger charge is 2.03. The molecule has 1 heterocycles. The summed E-state index contributed by atoms with van der Waals surface area (Å²) in [5, 5.41) is 0. The van der Waals surface area contributed by atoms with E-state index in [0.29, 0.717) is 5.69 Å². The summed E-state index contributed by atoms with van der Waals surface area (Å²) < 4.78 is 3.61. The van der Waals surface area contributed by atoms with Crippen LogP contribution in [0.2, 0.25) is 0 Å². The Morgan fingerprint density at radius 2 is 2.44 bits per heavy atom. The van der Waals surface area contributed by atoms with Gasteiger partial charge in [0.05, 0.1) is 14.1 Å².